The van der Waals surface area contributed by atoms with Gasteiger partial charge in [0, 0.05) is 5.56 Å². The van der Waals surface area contributed by atoms with Crippen LogP contribution in [0, 0.1) is 13.8 Å². The lowest BCUT2D eigenvalue weighted by atomic mass is 9.97. The number of amides is 1. The SMILES string of the molecule is CCOc1ccccc1NC(=O)C1CC(c2cc(C)c(C)cc2O)NN1. The van der Waals surface area contributed by atoms with E-state index in [0.29, 0.717) is 24.5 Å². The molecule has 26 heavy (non-hydrogen) atoms. The van der Waals surface area contributed by atoms with E-state index < -0.39 is 6.04 Å². The zero-order chi connectivity index (χ0) is 18.7. The van der Waals surface area contributed by atoms with Gasteiger partial charge >= 0.3 is 0 Å². The monoisotopic (exact) mass is 355 g/mol. The molecule has 0 spiro atoms. The van der Waals surface area contributed by atoms with Crippen molar-refractivity contribution in [1.82, 2.24) is 10.9 Å². The summed E-state index contributed by atoms with van der Waals surface area (Å²) in [5.74, 6) is 0.753. The van der Waals surface area contributed by atoms with E-state index in [9.17, 15) is 9.90 Å². The van der Waals surface area contributed by atoms with Crippen molar-refractivity contribution < 1.29 is 14.6 Å². The zero-order valence-corrected chi connectivity index (χ0v) is 15.3. The zero-order valence-electron chi connectivity index (χ0n) is 15.3. The minimum Gasteiger partial charge on any atom is -0.508 e. The standard InChI is InChI=1S/C20H25N3O3/c1-4-26-19-8-6-5-7-15(19)21-20(25)17-11-16(22-23-17)14-9-12(2)13(3)10-18(14)24/h5-10,16-17,22-24H,4,11H2,1-3H3,(H,21,25). The molecular weight excluding hydrogens is 330 g/mol. The van der Waals surface area contributed by atoms with Crippen molar-refractivity contribution in [2.45, 2.75) is 39.3 Å². The van der Waals surface area contributed by atoms with E-state index >= 15 is 0 Å². The molecule has 138 valence electrons. The molecule has 2 aromatic carbocycles. The average Bonchev–Trinajstić information content (AvgIpc) is 3.10. The molecule has 1 fully saturated rings. The third kappa shape index (κ3) is 3.81. The summed E-state index contributed by atoms with van der Waals surface area (Å²) in [5.41, 5.74) is 9.74. The fourth-order valence-corrected chi connectivity index (χ4v) is 3.11. The highest BCUT2D eigenvalue weighted by molar-refractivity contribution is 5.96. The summed E-state index contributed by atoms with van der Waals surface area (Å²) in [5, 5.41) is 13.2. The summed E-state index contributed by atoms with van der Waals surface area (Å²) in [6.45, 7) is 6.41. The summed E-state index contributed by atoms with van der Waals surface area (Å²) in [4.78, 5) is 12.6. The molecule has 2 unspecified atom stereocenters. The molecule has 1 aliphatic rings. The lowest BCUT2D eigenvalue weighted by molar-refractivity contribution is -0.117. The number of hydrazine groups is 1. The Morgan fingerprint density at radius 3 is 2.73 bits per heavy atom. The molecule has 4 N–H and O–H groups in total. The van der Waals surface area contributed by atoms with Crippen LogP contribution in [0.2, 0.25) is 0 Å². The smallest absolute Gasteiger partial charge is 0.243 e. The Morgan fingerprint density at radius 1 is 1.23 bits per heavy atom. The van der Waals surface area contributed by atoms with Gasteiger partial charge in [0.05, 0.1) is 18.3 Å². The first-order valence-corrected chi connectivity index (χ1v) is 8.83. The van der Waals surface area contributed by atoms with E-state index in [-0.39, 0.29) is 17.7 Å². The Hall–Kier alpha value is -2.57. The predicted molar refractivity (Wildman–Crippen MR) is 101 cm³/mol. The quantitative estimate of drug-likeness (QED) is 0.663. The average molecular weight is 355 g/mol. The number of phenolic OH excluding ortho intramolecular Hbond substituents is 1. The minimum absolute atomic E-state index is 0.132. The molecule has 1 heterocycles. The second kappa shape index (κ2) is 7.76. The van der Waals surface area contributed by atoms with Gasteiger partial charge in [-0.15, -0.1) is 0 Å². The van der Waals surface area contributed by atoms with E-state index in [0.717, 1.165) is 16.7 Å². The third-order valence-electron chi connectivity index (χ3n) is 4.68. The van der Waals surface area contributed by atoms with Crippen molar-refractivity contribution in [3.8, 4) is 11.5 Å². The van der Waals surface area contributed by atoms with Crippen LogP contribution in [-0.4, -0.2) is 23.7 Å². The van der Waals surface area contributed by atoms with E-state index in [2.05, 4.69) is 16.2 Å². The number of anilines is 1. The highest BCUT2D eigenvalue weighted by Crippen LogP contribution is 2.32. The first-order chi connectivity index (χ1) is 12.5. The highest BCUT2D eigenvalue weighted by Gasteiger charge is 2.32. The van der Waals surface area contributed by atoms with E-state index in [4.69, 9.17) is 4.74 Å². The summed E-state index contributed by atoms with van der Waals surface area (Å²) in [7, 11) is 0. The van der Waals surface area contributed by atoms with Gasteiger partial charge in [-0.25, -0.2) is 10.9 Å². The Balaban J connectivity index is 1.69. The van der Waals surface area contributed by atoms with Crippen LogP contribution in [0.15, 0.2) is 36.4 Å². The van der Waals surface area contributed by atoms with Gasteiger partial charge in [-0.3, -0.25) is 4.79 Å². The maximum absolute atomic E-state index is 12.6. The van der Waals surface area contributed by atoms with Gasteiger partial charge in [0.15, 0.2) is 0 Å². The number of para-hydroxylation sites is 2. The predicted octanol–water partition coefficient (Wildman–Crippen LogP) is 2.95. The number of rotatable bonds is 5. The summed E-state index contributed by atoms with van der Waals surface area (Å²) in [6.07, 6.45) is 0.540. The second-order valence-electron chi connectivity index (χ2n) is 6.54. The van der Waals surface area contributed by atoms with Gasteiger partial charge < -0.3 is 15.2 Å². The van der Waals surface area contributed by atoms with Gasteiger partial charge in [-0.1, -0.05) is 18.2 Å². The van der Waals surface area contributed by atoms with Crippen molar-refractivity contribution in [1.29, 1.82) is 0 Å². The number of carbonyl (C=O) groups is 1. The van der Waals surface area contributed by atoms with Crippen LogP contribution in [0.3, 0.4) is 0 Å². The molecule has 6 nitrogen and oxygen atoms in total. The molecule has 0 aromatic heterocycles. The molecule has 1 saturated heterocycles. The normalized spacial score (nSPS) is 19.3. The van der Waals surface area contributed by atoms with E-state index in [1.54, 1.807) is 6.07 Å². The minimum atomic E-state index is -0.407. The van der Waals surface area contributed by atoms with Gasteiger partial charge in [-0.05, 0) is 56.5 Å². The van der Waals surface area contributed by atoms with Gasteiger partial charge in [0.2, 0.25) is 5.91 Å². The second-order valence-corrected chi connectivity index (χ2v) is 6.54. The van der Waals surface area contributed by atoms with Crippen LogP contribution in [0.1, 0.15) is 36.1 Å². The maximum atomic E-state index is 12.6. The fourth-order valence-electron chi connectivity index (χ4n) is 3.11. The number of hydrogen-bond acceptors (Lipinski definition) is 5. The summed E-state index contributed by atoms with van der Waals surface area (Å²) >= 11 is 0. The molecule has 2 aromatic rings. The van der Waals surface area contributed by atoms with Crippen molar-refractivity contribution >= 4 is 11.6 Å². The van der Waals surface area contributed by atoms with Crippen LogP contribution in [0.5, 0.6) is 11.5 Å². The molecule has 6 heteroatoms. The molecule has 1 amide bonds. The Labute approximate surface area is 153 Å². The van der Waals surface area contributed by atoms with Crippen LogP contribution >= 0.6 is 0 Å². The first kappa shape index (κ1) is 18.2. The van der Waals surface area contributed by atoms with E-state index in [1.807, 2.05) is 51.1 Å². The Bertz CT molecular complexity index is 807. The van der Waals surface area contributed by atoms with Crippen LogP contribution in [0.25, 0.3) is 0 Å². The molecule has 0 saturated carbocycles. The van der Waals surface area contributed by atoms with E-state index in [1.165, 1.54) is 0 Å². The number of hydrogen-bond donors (Lipinski definition) is 4. The summed E-state index contributed by atoms with van der Waals surface area (Å²) < 4.78 is 5.55. The topological polar surface area (TPSA) is 82.6 Å². The molecule has 3 rings (SSSR count). The molecular formula is C20H25N3O3. The number of ether oxygens (including phenoxy) is 1. The number of aromatic hydroxyl groups is 1. The number of phenols is 1. The molecule has 1 aliphatic heterocycles. The number of nitrogens with one attached hydrogen (secondary N) is 3. The van der Waals surface area contributed by atoms with Gasteiger partial charge in [-0.2, -0.15) is 0 Å². The van der Waals surface area contributed by atoms with Crippen LogP contribution in [0.4, 0.5) is 5.69 Å². The van der Waals surface area contributed by atoms with Crippen LogP contribution < -0.4 is 20.9 Å². The first-order valence-electron chi connectivity index (χ1n) is 8.83. The summed E-state index contributed by atoms with van der Waals surface area (Å²) in [6, 6.07) is 10.6. The van der Waals surface area contributed by atoms with Gasteiger partial charge in [0.25, 0.3) is 0 Å². The lowest BCUT2D eigenvalue weighted by Crippen LogP contribution is -2.39. The number of carbonyl (C=O) groups excluding carboxylic acids is 1. The van der Waals surface area contributed by atoms with Crippen molar-refractivity contribution in [2.75, 3.05) is 11.9 Å². The molecule has 2 atom stereocenters. The highest BCUT2D eigenvalue weighted by atomic mass is 16.5. The molecule has 0 bridgehead atoms. The van der Waals surface area contributed by atoms with Crippen molar-refractivity contribution in [3.63, 3.8) is 0 Å². The van der Waals surface area contributed by atoms with Crippen LogP contribution in [-0.2, 0) is 4.79 Å². The van der Waals surface area contributed by atoms with Crippen molar-refractivity contribution in [3.05, 3.63) is 53.1 Å². The Morgan fingerprint density at radius 2 is 1.96 bits per heavy atom. The molecule has 0 aliphatic carbocycles. The Kier molecular flexibility index (Phi) is 5.44. The maximum Gasteiger partial charge on any atom is 0.243 e. The number of aryl methyl sites for hydroxylation is 2. The number of benzene rings is 2. The van der Waals surface area contributed by atoms with Crippen molar-refractivity contribution in [2.24, 2.45) is 0 Å². The third-order valence-corrected chi connectivity index (χ3v) is 4.68. The lowest BCUT2D eigenvalue weighted by Gasteiger charge is -2.15. The van der Waals surface area contributed by atoms with Gasteiger partial charge in [0.1, 0.15) is 17.5 Å². The largest absolute Gasteiger partial charge is 0.508 e. The molecule has 0 radical (unpaired) electrons. The fraction of sp³-hybridized carbons (Fsp3) is 0.350.